The molecule has 1 fully saturated rings. The van der Waals surface area contributed by atoms with E-state index in [2.05, 4.69) is 15.3 Å². The van der Waals surface area contributed by atoms with Gasteiger partial charge in [-0.3, -0.25) is 4.79 Å². The largest absolute Gasteiger partial charge is 0.369 e. The van der Waals surface area contributed by atoms with E-state index in [4.69, 9.17) is 5.73 Å². The molecule has 1 amide bonds. The average molecular weight is 306 g/mol. The molecule has 2 atom stereocenters. The molecule has 1 saturated carbocycles. The number of carbonyl (C=O) groups is 1. The highest BCUT2D eigenvalue weighted by Crippen LogP contribution is 2.29. The van der Waals surface area contributed by atoms with Crippen LogP contribution >= 0.6 is 0 Å². The van der Waals surface area contributed by atoms with Gasteiger partial charge in [0, 0.05) is 17.5 Å². The number of benzene rings is 1. The highest BCUT2D eigenvalue weighted by molar-refractivity contribution is 5.89. The normalized spacial score (nSPS) is 21.7. The maximum absolute atomic E-state index is 13.5. The number of nitrogens with two attached hydrogens (primary N) is 1. The van der Waals surface area contributed by atoms with Gasteiger partial charge in [0.05, 0.1) is 11.4 Å². The Morgan fingerprint density at radius 2 is 1.91 bits per heavy atom. The lowest BCUT2D eigenvalue weighted by molar-refractivity contribution is -0.122. The topological polar surface area (TPSA) is 80.9 Å². The van der Waals surface area contributed by atoms with Crippen LogP contribution in [0.5, 0.6) is 0 Å². The molecule has 0 saturated heterocycles. The standard InChI is InChI=1S/C15H16F2N4O/c16-10-5-9-13(6-11(10)17)19-7-20-15(9)21-12-4-2-1-3-8(12)14(18)22/h5-8,12H,1-4H2,(H2,18,22)(H,19,20,21)/t8-,12+/m1/s1. The number of fused-ring (bicyclic) bond motifs is 1. The van der Waals surface area contributed by atoms with E-state index in [0.29, 0.717) is 16.7 Å². The summed E-state index contributed by atoms with van der Waals surface area (Å²) in [7, 11) is 0. The van der Waals surface area contributed by atoms with E-state index in [1.54, 1.807) is 0 Å². The van der Waals surface area contributed by atoms with Gasteiger partial charge in [0.15, 0.2) is 11.6 Å². The van der Waals surface area contributed by atoms with Crippen molar-refractivity contribution in [3.63, 3.8) is 0 Å². The second-order valence-corrected chi connectivity index (χ2v) is 5.55. The summed E-state index contributed by atoms with van der Waals surface area (Å²) in [6.45, 7) is 0. The van der Waals surface area contributed by atoms with E-state index >= 15 is 0 Å². The molecule has 7 heteroatoms. The van der Waals surface area contributed by atoms with Crippen molar-refractivity contribution in [3.8, 4) is 0 Å². The van der Waals surface area contributed by atoms with Crippen molar-refractivity contribution >= 4 is 22.6 Å². The zero-order valence-corrected chi connectivity index (χ0v) is 11.9. The fourth-order valence-electron chi connectivity index (χ4n) is 2.99. The first-order valence-electron chi connectivity index (χ1n) is 7.22. The second kappa shape index (κ2) is 5.82. The molecule has 0 unspecified atom stereocenters. The Labute approximate surface area is 125 Å². The van der Waals surface area contributed by atoms with Crippen molar-refractivity contribution in [2.75, 3.05) is 5.32 Å². The van der Waals surface area contributed by atoms with Crippen LogP contribution in [0.4, 0.5) is 14.6 Å². The number of amides is 1. The van der Waals surface area contributed by atoms with Crippen LogP contribution in [0.25, 0.3) is 10.9 Å². The number of aromatic nitrogens is 2. The van der Waals surface area contributed by atoms with Crippen molar-refractivity contribution in [1.82, 2.24) is 9.97 Å². The van der Waals surface area contributed by atoms with Crippen LogP contribution in [0.15, 0.2) is 18.5 Å². The van der Waals surface area contributed by atoms with Gasteiger partial charge < -0.3 is 11.1 Å². The third-order valence-electron chi connectivity index (χ3n) is 4.13. The van der Waals surface area contributed by atoms with Crippen molar-refractivity contribution in [3.05, 3.63) is 30.1 Å². The molecule has 0 aliphatic heterocycles. The third kappa shape index (κ3) is 2.70. The molecule has 0 radical (unpaired) electrons. The predicted octanol–water partition coefficient (Wildman–Crippen LogP) is 2.36. The van der Waals surface area contributed by atoms with Crippen LogP contribution in [0.3, 0.4) is 0 Å². The molecule has 3 N–H and O–H groups in total. The maximum Gasteiger partial charge on any atom is 0.222 e. The van der Waals surface area contributed by atoms with Crippen molar-refractivity contribution in [2.24, 2.45) is 11.7 Å². The van der Waals surface area contributed by atoms with Gasteiger partial charge in [0.1, 0.15) is 12.1 Å². The van der Waals surface area contributed by atoms with Gasteiger partial charge in [-0.15, -0.1) is 0 Å². The Kier molecular flexibility index (Phi) is 3.87. The first-order chi connectivity index (χ1) is 10.6. The van der Waals surface area contributed by atoms with E-state index in [-0.39, 0.29) is 17.9 Å². The quantitative estimate of drug-likeness (QED) is 0.912. The van der Waals surface area contributed by atoms with Gasteiger partial charge in [0.2, 0.25) is 5.91 Å². The van der Waals surface area contributed by atoms with Crippen LogP contribution in [-0.2, 0) is 4.79 Å². The van der Waals surface area contributed by atoms with Gasteiger partial charge in [-0.2, -0.15) is 0 Å². The Morgan fingerprint density at radius 3 is 2.68 bits per heavy atom. The fraction of sp³-hybridized carbons (Fsp3) is 0.400. The molecule has 3 rings (SSSR count). The molecule has 22 heavy (non-hydrogen) atoms. The summed E-state index contributed by atoms with van der Waals surface area (Å²) in [5, 5.41) is 3.55. The van der Waals surface area contributed by atoms with Crippen LogP contribution < -0.4 is 11.1 Å². The van der Waals surface area contributed by atoms with E-state index in [0.717, 1.165) is 37.8 Å². The third-order valence-corrected chi connectivity index (χ3v) is 4.13. The Bertz CT molecular complexity index is 722. The summed E-state index contributed by atoms with van der Waals surface area (Å²) in [5.41, 5.74) is 5.75. The molecule has 1 aliphatic rings. The van der Waals surface area contributed by atoms with Crippen LogP contribution in [0, 0.1) is 17.6 Å². The summed E-state index contributed by atoms with van der Waals surface area (Å²) in [6.07, 6.45) is 4.72. The first-order valence-corrected chi connectivity index (χ1v) is 7.22. The minimum Gasteiger partial charge on any atom is -0.369 e. The smallest absolute Gasteiger partial charge is 0.222 e. The molecule has 5 nitrogen and oxygen atoms in total. The van der Waals surface area contributed by atoms with Crippen LogP contribution in [0.2, 0.25) is 0 Å². The molecule has 1 aliphatic carbocycles. The Morgan fingerprint density at radius 1 is 1.18 bits per heavy atom. The molecule has 2 aromatic rings. The molecule has 1 aromatic carbocycles. The highest BCUT2D eigenvalue weighted by atomic mass is 19.2. The molecule has 1 aromatic heterocycles. The average Bonchev–Trinajstić information content (AvgIpc) is 2.49. The highest BCUT2D eigenvalue weighted by Gasteiger charge is 2.30. The maximum atomic E-state index is 13.5. The van der Waals surface area contributed by atoms with E-state index in [1.165, 1.54) is 6.33 Å². The van der Waals surface area contributed by atoms with E-state index < -0.39 is 11.6 Å². The van der Waals surface area contributed by atoms with Crippen molar-refractivity contribution < 1.29 is 13.6 Å². The Hall–Kier alpha value is -2.31. The molecular formula is C15H16F2N4O. The summed E-state index contributed by atoms with van der Waals surface area (Å²) in [4.78, 5) is 19.6. The second-order valence-electron chi connectivity index (χ2n) is 5.55. The van der Waals surface area contributed by atoms with Gasteiger partial charge in [-0.1, -0.05) is 12.8 Å². The Balaban J connectivity index is 1.96. The fourth-order valence-corrected chi connectivity index (χ4v) is 2.99. The molecular weight excluding hydrogens is 290 g/mol. The van der Waals surface area contributed by atoms with Crippen molar-refractivity contribution in [2.45, 2.75) is 31.7 Å². The monoisotopic (exact) mass is 306 g/mol. The molecule has 116 valence electrons. The SMILES string of the molecule is NC(=O)[C@@H]1CCCC[C@@H]1Nc1ncnc2cc(F)c(F)cc12. The summed E-state index contributed by atoms with van der Waals surface area (Å²) >= 11 is 0. The van der Waals surface area contributed by atoms with Gasteiger partial charge in [-0.25, -0.2) is 18.7 Å². The molecule has 1 heterocycles. The van der Waals surface area contributed by atoms with E-state index in [1.807, 2.05) is 0 Å². The number of carbonyl (C=O) groups excluding carboxylic acids is 1. The minimum atomic E-state index is -0.958. The summed E-state index contributed by atoms with van der Waals surface area (Å²) in [6, 6.07) is 1.94. The lowest BCUT2D eigenvalue weighted by atomic mass is 9.84. The summed E-state index contributed by atoms with van der Waals surface area (Å²) < 4.78 is 26.8. The number of nitrogens with one attached hydrogen (secondary N) is 1. The number of anilines is 1. The number of hydrogen-bond donors (Lipinski definition) is 2. The number of nitrogens with zero attached hydrogens (tertiary/aromatic N) is 2. The van der Waals surface area contributed by atoms with Crippen LogP contribution in [0.1, 0.15) is 25.7 Å². The number of primary amides is 1. The number of hydrogen-bond acceptors (Lipinski definition) is 4. The number of rotatable bonds is 3. The van der Waals surface area contributed by atoms with Crippen molar-refractivity contribution in [1.29, 1.82) is 0 Å². The van der Waals surface area contributed by atoms with Gasteiger partial charge >= 0.3 is 0 Å². The van der Waals surface area contributed by atoms with Crippen LogP contribution in [-0.4, -0.2) is 21.9 Å². The van der Waals surface area contributed by atoms with E-state index in [9.17, 15) is 13.6 Å². The van der Waals surface area contributed by atoms with Gasteiger partial charge in [0.25, 0.3) is 0 Å². The molecule has 0 spiro atoms. The zero-order chi connectivity index (χ0) is 15.7. The van der Waals surface area contributed by atoms with Gasteiger partial charge in [-0.05, 0) is 18.9 Å². The predicted molar refractivity (Wildman–Crippen MR) is 78.0 cm³/mol. The zero-order valence-electron chi connectivity index (χ0n) is 11.9. The lowest BCUT2D eigenvalue weighted by Gasteiger charge is -2.30. The minimum absolute atomic E-state index is 0.155. The first kappa shape index (κ1) is 14.6. The molecule has 0 bridgehead atoms. The number of halogens is 2. The lowest BCUT2D eigenvalue weighted by Crippen LogP contribution is -2.40. The summed E-state index contributed by atoms with van der Waals surface area (Å²) in [5.74, 6) is -2.16.